The number of carbonyl (C=O) groups is 2. The first kappa shape index (κ1) is 18.3. The molecule has 1 aromatic carbocycles. The molecule has 2 amide bonds. The molecule has 0 saturated heterocycles. The molecule has 7 heteroatoms. The van der Waals surface area contributed by atoms with Crippen molar-refractivity contribution in [1.29, 1.82) is 0 Å². The van der Waals surface area contributed by atoms with Gasteiger partial charge in [0.25, 0.3) is 5.91 Å². The Hall–Kier alpha value is -1.76. The van der Waals surface area contributed by atoms with Gasteiger partial charge in [0.1, 0.15) is 0 Å². The van der Waals surface area contributed by atoms with Crippen LogP contribution in [0.4, 0.5) is 4.39 Å². The fourth-order valence-corrected chi connectivity index (χ4v) is 1.97. The van der Waals surface area contributed by atoms with Crippen molar-refractivity contribution in [2.45, 2.75) is 38.5 Å². The van der Waals surface area contributed by atoms with E-state index in [-0.39, 0.29) is 22.2 Å². The number of hydrogen-bond acceptors (Lipinski definition) is 4. The molecule has 0 heterocycles. The minimum Gasteiger partial charge on any atom is -0.478 e. The summed E-state index contributed by atoms with van der Waals surface area (Å²) in [7, 11) is 0. The largest absolute Gasteiger partial charge is 0.478 e. The predicted molar refractivity (Wildman–Crippen MR) is 85.0 cm³/mol. The Morgan fingerprint density at radius 1 is 1.27 bits per heavy atom. The molecule has 1 atom stereocenters. The molecule has 1 rings (SSSR count). The summed E-state index contributed by atoms with van der Waals surface area (Å²) in [5.41, 5.74) is 4.56. The number of carbonyl (C=O) groups excluding carboxylic acids is 2. The molecule has 1 unspecified atom stereocenters. The van der Waals surface area contributed by atoms with Crippen molar-refractivity contribution in [3.63, 3.8) is 0 Å². The zero-order chi connectivity index (χ0) is 16.8. The third-order valence-electron chi connectivity index (χ3n) is 2.47. The van der Waals surface area contributed by atoms with Crippen molar-refractivity contribution in [2.24, 2.45) is 0 Å². The summed E-state index contributed by atoms with van der Waals surface area (Å²) in [5, 5.41) is 0. The van der Waals surface area contributed by atoms with E-state index in [0.717, 1.165) is 0 Å². The molecule has 0 aromatic heterocycles. The maximum Gasteiger partial charge on any atom is 0.279 e. The summed E-state index contributed by atoms with van der Waals surface area (Å²) >= 11 is 1.46. The molecule has 22 heavy (non-hydrogen) atoms. The van der Waals surface area contributed by atoms with Crippen LogP contribution in [0.15, 0.2) is 24.3 Å². The van der Waals surface area contributed by atoms with Gasteiger partial charge in [-0.15, -0.1) is 11.8 Å². The molecule has 0 saturated carbocycles. The van der Waals surface area contributed by atoms with Crippen LogP contribution in [0.2, 0.25) is 0 Å². The van der Waals surface area contributed by atoms with Gasteiger partial charge in [-0.2, -0.15) is 0 Å². The van der Waals surface area contributed by atoms with Gasteiger partial charge in [-0.25, -0.2) is 4.39 Å². The van der Waals surface area contributed by atoms with Gasteiger partial charge in [-0.1, -0.05) is 32.9 Å². The minimum atomic E-state index is -0.938. The van der Waals surface area contributed by atoms with E-state index in [1.165, 1.54) is 36.9 Å². The Labute approximate surface area is 134 Å². The average Bonchev–Trinajstić information content (AvgIpc) is 2.44. The molecule has 0 spiro atoms. The van der Waals surface area contributed by atoms with Gasteiger partial charge in [-0.05, 0) is 19.1 Å². The number of ether oxygens (including phenoxy) is 1. The molecule has 0 aliphatic carbocycles. The zero-order valence-electron chi connectivity index (χ0n) is 13.1. The second-order valence-electron chi connectivity index (χ2n) is 5.63. The number of nitrogens with one attached hydrogen (secondary N) is 2. The van der Waals surface area contributed by atoms with E-state index in [0.29, 0.717) is 0 Å². The highest BCUT2D eigenvalue weighted by molar-refractivity contribution is 8.01. The van der Waals surface area contributed by atoms with Gasteiger partial charge >= 0.3 is 0 Å². The number of hydrogen-bond donors (Lipinski definition) is 2. The van der Waals surface area contributed by atoms with Crippen LogP contribution in [-0.4, -0.2) is 28.4 Å². The summed E-state index contributed by atoms with van der Waals surface area (Å²) in [4.78, 5) is 23.4. The first-order chi connectivity index (χ1) is 10.2. The first-order valence-electron chi connectivity index (χ1n) is 6.83. The van der Waals surface area contributed by atoms with Crippen LogP contribution in [0, 0.1) is 5.82 Å². The van der Waals surface area contributed by atoms with Gasteiger partial charge < -0.3 is 4.74 Å². The first-order valence-corrected chi connectivity index (χ1v) is 7.81. The van der Waals surface area contributed by atoms with E-state index in [2.05, 4.69) is 10.9 Å². The summed E-state index contributed by atoms with van der Waals surface area (Å²) in [5.74, 6) is -1.21. The lowest BCUT2D eigenvalue weighted by atomic mass is 10.3. The Balaban J connectivity index is 2.39. The van der Waals surface area contributed by atoms with Crippen molar-refractivity contribution < 1.29 is 18.7 Å². The Kier molecular flexibility index (Phi) is 6.67. The quantitative estimate of drug-likeness (QED) is 0.814. The second-order valence-corrected chi connectivity index (χ2v) is 7.43. The minimum absolute atomic E-state index is 0.0141. The van der Waals surface area contributed by atoms with Crippen LogP contribution in [0.3, 0.4) is 0 Å². The van der Waals surface area contributed by atoms with Gasteiger partial charge in [0.15, 0.2) is 17.7 Å². The summed E-state index contributed by atoms with van der Waals surface area (Å²) < 4.78 is 18.6. The van der Waals surface area contributed by atoms with Crippen molar-refractivity contribution in [3.05, 3.63) is 30.1 Å². The lowest BCUT2D eigenvalue weighted by Gasteiger charge is -2.18. The lowest BCUT2D eigenvalue weighted by molar-refractivity contribution is -0.132. The van der Waals surface area contributed by atoms with Crippen molar-refractivity contribution >= 4 is 23.6 Å². The number of amides is 2. The van der Waals surface area contributed by atoms with Gasteiger partial charge in [0, 0.05) is 4.75 Å². The van der Waals surface area contributed by atoms with Crippen LogP contribution in [-0.2, 0) is 9.59 Å². The van der Waals surface area contributed by atoms with Gasteiger partial charge in [0.05, 0.1) is 5.75 Å². The highest BCUT2D eigenvalue weighted by Gasteiger charge is 2.18. The number of thioether (sulfide) groups is 1. The molecule has 0 aliphatic rings. The van der Waals surface area contributed by atoms with E-state index < -0.39 is 17.8 Å². The highest BCUT2D eigenvalue weighted by atomic mass is 32.2. The zero-order valence-corrected chi connectivity index (χ0v) is 13.9. The average molecular weight is 328 g/mol. The third-order valence-corrected chi connectivity index (χ3v) is 3.74. The van der Waals surface area contributed by atoms with E-state index in [1.54, 1.807) is 6.07 Å². The van der Waals surface area contributed by atoms with Crippen LogP contribution >= 0.6 is 11.8 Å². The highest BCUT2D eigenvalue weighted by Crippen LogP contribution is 2.22. The van der Waals surface area contributed by atoms with Crippen LogP contribution in [0.25, 0.3) is 0 Å². The van der Waals surface area contributed by atoms with E-state index in [4.69, 9.17) is 4.74 Å². The van der Waals surface area contributed by atoms with Crippen LogP contribution in [0.1, 0.15) is 27.7 Å². The predicted octanol–water partition coefficient (Wildman–Crippen LogP) is 2.27. The normalized spacial score (nSPS) is 12.4. The van der Waals surface area contributed by atoms with Gasteiger partial charge in [-0.3, -0.25) is 20.4 Å². The Bertz CT molecular complexity index is 532. The standard InChI is InChI=1S/C15H21FN2O3S/c1-10(21-12-8-6-5-7-11(12)16)14(20)18-17-13(19)9-22-15(2,3)4/h5-8,10H,9H2,1-4H3,(H,17,19)(H,18,20). The molecule has 0 aliphatic heterocycles. The van der Waals surface area contributed by atoms with E-state index in [9.17, 15) is 14.0 Å². The number of rotatable bonds is 5. The molecule has 122 valence electrons. The molecule has 0 bridgehead atoms. The molecular formula is C15H21FN2O3S. The fraction of sp³-hybridized carbons (Fsp3) is 0.467. The van der Waals surface area contributed by atoms with Crippen molar-refractivity contribution in [3.8, 4) is 5.75 Å². The number of para-hydroxylation sites is 1. The van der Waals surface area contributed by atoms with Crippen molar-refractivity contribution in [1.82, 2.24) is 10.9 Å². The van der Waals surface area contributed by atoms with Gasteiger partial charge in [0.2, 0.25) is 5.91 Å². The maximum absolute atomic E-state index is 13.4. The fourth-order valence-electron chi connectivity index (χ4n) is 1.34. The molecule has 1 aromatic rings. The van der Waals surface area contributed by atoms with Crippen LogP contribution < -0.4 is 15.6 Å². The van der Waals surface area contributed by atoms with Crippen molar-refractivity contribution in [2.75, 3.05) is 5.75 Å². The van der Waals surface area contributed by atoms with E-state index in [1.807, 2.05) is 20.8 Å². The van der Waals surface area contributed by atoms with Crippen LogP contribution in [0.5, 0.6) is 5.75 Å². The number of benzene rings is 1. The van der Waals surface area contributed by atoms with E-state index >= 15 is 0 Å². The smallest absolute Gasteiger partial charge is 0.279 e. The lowest BCUT2D eigenvalue weighted by Crippen LogP contribution is -2.48. The SMILES string of the molecule is CC(Oc1ccccc1F)C(=O)NNC(=O)CSC(C)(C)C. The maximum atomic E-state index is 13.4. The second kappa shape index (κ2) is 8.03. The third kappa shape index (κ3) is 6.80. The number of hydrazine groups is 1. The molecular weight excluding hydrogens is 307 g/mol. The summed E-state index contributed by atoms with van der Waals surface area (Å²) in [6.45, 7) is 7.45. The Morgan fingerprint density at radius 2 is 1.91 bits per heavy atom. The molecule has 0 radical (unpaired) electrons. The Morgan fingerprint density at radius 3 is 2.50 bits per heavy atom. The monoisotopic (exact) mass is 328 g/mol. The molecule has 5 nitrogen and oxygen atoms in total. The number of halogens is 1. The molecule has 0 fully saturated rings. The topological polar surface area (TPSA) is 67.4 Å². The summed E-state index contributed by atoms with van der Waals surface area (Å²) in [6, 6.07) is 5.80. The summed E-state index contributed by atoms with van der Waals surface area (Å²) in [6.07, 6.45) is -0.938. The molecule has 2 N–H and O–H groups in total.